The molecular formula is C20H24N6O. The largest absolute Gasteiger partial charge is 0.342 e. The zero-order chi connectivity index (χ0) is 18.8. The first-order chi connectivity index (χ1) is 13.1. The van der Waals surface area contributed by atoms with Gasteiger partial charge in [0.25, 0.3) is 5.91 Å². The lowest BCUT2D eigenvalue weighted by molar-refractivity contribution is 0.0937. The second kappa shape index (κ2) is 7.34. The number of rotatable bonds is 7. The number of hydrogen-bond acceptors (Lipinski definition) is 4. The molecule has 1 aliphatic carbocycles. The third kappa shape index (κ3) is 3.92. The first-order valence-corrected chi connectivity index (χ1v) is 9.45. The Morgan fingerprint density at radius 1 is 1.22 bits per heavy atom. The van der Waals surface area contributed by atoms with Crippen molar-refractivity contribution < 1.29 is 4.79 Å². The molecule has 2 aromatic heterocycles. The summed E-state index contributed by atoms with van der Waals surface area (Å²) in [4.78, 5) is 16.8. The molecule has 1 amide bonds. The average molecular weight is 364 g/mol. The summed E-state index contributed by atoms with van der Waals surface area (Å²) in [5.41, 5.74) is 2.76. The van der Waals surface area contributed by atoms with Crippen LogP contribution in [0.15, 0.2) is 43.0 Å². The molecule has 0 saturated heterocycles. The topological polar surface area (TPSA) is 77.6 Å². The molecule has 2 heterocycles. The van der Waals surface area contributed by atoms with Gasteiger partial charge < -0.3 is 5.32 Å². The molecule has 1 saturated carbocycles. The van der Waals surface area contributed by atoms with E-state index in [1.165, 1.54) is 19.2 Å². The number of hydrogen-bond donors (Lipinski definition) is 1. The van der Waals surface area contributed by atoms with Crippen LogP contribution in [0.5, 0.6) is 0 Å². The Morgan fingerprint density at radius 2 is 2.00 bits per heavy atom. The third-order valence-electron chi connectivity index (χ3n) is 4.94. The van der Waals surface area contributed by atoms with Gasteiger partial charge in [0, 0.05) is 30.4 Å². The van der Waals surface area contributed by atoms with E-state index in [0.717, 1.165) is 36.0 Å². The number of carbonyl (C=O) groups is 1. The highest BCUT2D eigenvalue weighted by molar-refractivity contribution is 5.94. The zero-order valence-electron chi connectivity index (χ0n) is 15.7. The Balaban J connectivity index is 1.42. The van der Waals surface area contributed by atoms with Crippen molar-refractivity contribution in [3.05, 3.63) is 54.4 Å². The predicted octanol–water partition coefficient (Wildman–Crippen LogP) is 3.06. The minimum absolute atomic E-state index is 0.121. The molecule has 0 unspecified atom stereocenters. The molecule has 0 aliphatic heterocycles. The van der Waals surface area contributed by atoms with Crippen molar-refractivity contribution >= 4 is 5.91 Å². The van der Waals surface area contributed by atoms with Crippen LogP contribution >= 0.6 is 0 Å². The van der Waals surface area contributed by atoms with Crippen molar-refractivity contribution in [1.82, 2.24) is 29.9 Å². The quantitative estimate of drug-likeness (QED) is 0.699. The van der Waals surface area contributed by atoms with Gasteiger partial charge in [-0.05, 0) is 50.3 Å². The highest BCUT2D eigenvalue weighted by Gasteiger charge is 2.22. The molecule has 3 aromatic rings. The van der Waals surface area contributed by atoms with Gasteiger partial charge in [-0.2, -0.15) is 10.2 Å². The molecule has 0 bridgehead atoms. The fraction of sp³-hybridized carbons (Fsp3) is 0.400. The molecule has 1 aliphatic rings. The van der Waals surface area contributed by atoms with Crippen molar-refractivity contribution in [1.29, 1.82) is 0 Å². The van der Waals surface area contributed by atoms with Crippen LogP contribution in [0.4, 0.5) is 0 Å². The smallest absolute Gasteiger partial charge is 0.251 e. The van der Waals surface area contributed by atoms with Crippen LogP contribution in [0, 0.1) is 5.92 Å². The molecule has 4 rings (SSSR count). The molecule has 0 radical (unpaired) electrons. The summed E-state index contributed by atoms with van der Waals surface area (Å²) in [6, 6.07) is 7.42. The summed E-state index contributed by atoms with van der Waals surface area (Å²) in [7, 11) is 0. The van der Waals surface area contributed by atoms with Crippen LogP contribution in [-0.4, -0.2) is 30.5 Å². The SMILES string of the molecule is CCn1ncnc1[C@@H](C)NC(=O)c1ccc(-c2cnn(CC3CC3)c2)cc1. The zero-order valence-corrected chi connectivity index (χ0v) is 15.7. The van der Waals surface area contributed by atoms with E-state index in [1.54, 1.807) is 4.68 Å². The molecular weight excluding hydrogens is 340 g/mol. The van der Waals surface area contributed by atoms with E-state index in [1.807, 2.05) is 49.0 Å². The molecule has 27 heavy (non-hydrogen) atoms. The van der Waals surface area contributed by atoms with Gasteiger partial charge in [0.15, 0.2) is 0 Å². The number of amides is 1. The van der Waals surface area contributed by atoms with Gasteiger partial charge in [0.1, 0.15) is 12.2 Å². The number of carbonyl (C=O) groups excluding carboxylic acids is 1. The maximum atomic E-state index is 12.5. The van der Waals surface area contributed by atoms with Gasteiger partial charge in [-0.1, -0.05) is 12.1 Å². The molecule has 1 aromatic carbocycles. The van der Waals surface area contributed by atoms with E-state index in [0.29, 0.717) is 5.56 Å². The summed E-state index contributed by atoms with van der Waals surface area (Å²) in [5, 5.41) is 11.6. The lowest BCUT2D eigenvalue weighted by Gasteiger charge is -2.14. The first-order valence-electron chi connectivity index (χ1n) is 9.45. The Hall–Kier alpha value is -2.96. The summed E-state index contributed by atoms with van der Waals surface area (Å²) >= 11 is 0. The van der Waals surface area contributed by atoms with E-state index in [2.05, 4.69) is 26.7 Å². The number of nitrogens with one attached hydrogen (secondary N) is 1. The Bertz CT molecular complexity index is 922. The Labute approximate surface area is 158 Å². The van der Waals surface area contributed by atoms with E-state index in [4.69, 9.17) is 0 Å². The third-order valence-corrected chi connectivity index (χ3v) is 4.94. The van der Waals surface area contributed by atoms with Gasteiger partial charge in [0.2, 0.25) is 0 Å². The van der Waals surface area contributed by atoms with Crippen molar-refractivity contribution in [2.45, 2.75) is 45.8 Å². The molecule has 1 atom stereocenters. The normalized spacial score (nSPS) is 14.9. The van der Waals surface area contributed by atoms with E-state index >= 15 is 0 Å². The van der Waals surface area contributed by atoms with E-state index < -0.39 is 0 Å². The van der Waals surface area contributed by atoms with Gasteiger partial charge in [-0.3, -0.25) is 9.48 Å². The molecule has 0 spiro atoms. The standard InChI is InChI=1S/C20H24N6O/c1-3-26-19(21-13-23-26)14(2)24-20(27)17-8-6-16(7-9-17)18-10-22-25(12-18)11-15-4-5-15/h6-10,12-15H,3-5,11H2,1-2H3,(H,24,27)/t14-/m1/s1. The Kier molecular flexibility index (Phi) is 4.75. The van der Waals surface area contributed by atoms with Crippen LogP contribution in [0.1, 0.15) is 48.9 Å². The summed E-state index contributed by atoms with van der Waals surface area (Å²) in [5.74, 6) is 1.43. The van der Waals surface area contributed by atoms with Gasteiger partial charge in [0.05, 0.1) is 12.2 Å². The van der Waals surface area contributed by atoms with Crippen molar-refractivity contribution in [3.8, 4) is 11.1 Å². The number of aryl methyl sites for hydroxylation is 1. The molecule has 7 nitrogen and oxygen atoms in total. The second-order valence-electron chi connectivity index (χ2n) is 7.10. The van der Waals surface area contributed by atoms with Crippen LogP contribution in [0.2, 0.25) is 0 Å². The average Bonchev–Trinajstić information content (AvgIpc) is 3.18. The van der Waals surface area contributed by atoms with Gasteiger partial charge in [-0.15, -0.1) is 0 Å². The van der Waals surface area contributed by atoms with Crippen molar-refractivity contribution in [2.75, 3.05) is 0 Å². The summed E-state index contributed by atoms with van der Waals surface area (Å²) in [6.07, 6.45) is 8.10. The second-order valence-corrected chi connectivity index (χ2v) is 7.10. The maximum absolute atomic E-state index is 12.5. The molecule has 1 fully saturated rings. The molecule has 1 N–H and O–H groups in total. The van der Waals surface area contributed by atoms with Gasteiger partial charge in [-0.25, -0.2) is 9.67 Å². The van der Waals surface area contributed by atoms with Gasteiger partial charge >= 0.3 is 0 Å². The monoisotopic (exact) mass is 364 g/mol. The summed E-state index contributed by atoms with van der Waals surface area (Å²) in [6.45, 7) is 5.63. The van der Waals surface area contributed by atoms with Crippen LogP contribution in [0.25, 0.3) is 11.1 Å². The minimum Gasteiger partial charge on any atom is -0.342 e. The fourth-order valence-electron chi connectivity index (χ4n) is 3.19. The highest BCUT2D eigenvalue weighted by Crippen LogP contribution is 2.31. The maximum Gasteiger partial charge on any atom is 0.251 e. The predicted molar refractivity (Wildman–Crippen MR) is 102 cm³/mol. The number of benzene rings is 1. The van der Waals surface area contributed by atoms with Crippen LogP contribution < -0.4 is 5.32 Å². The number of aromatic nitrogens is 5. The fourth-order valence-corrected chi connectivity index (χ4v) is 3.19. The lowest BCUT2D eigenvalue weighted by Crippen LogP contribution is -2.28. The molecule has 140 valence electrons. The minimum atomic E-state index is -0.208. The highest BCUT2D eigenvalue weighted by atomic mass is 16.1. The van der Waals surface area contributed by atoms with Crippen molar-refractivity contribution in [2.24, 2.45) is 5.92 Å². The summed E-state index contributed by atoms with van der Waals surface area (Å²) < 4.78 is 3.80. The Morgan fingerprint density at radius 3 is 2.70 bits per heavy atom. The van der Waals surface area contributed by atoms with Crippen LogP contribution in [0.3, 0.4) is 0 Å². The van der Waals surface area contributed by atoms with Crippen LogP contribution in [-0.2, 0) is 13.1 Å². The van der Waals surface area contributed by atoms with E-state index in [-0.39, 0.29) is 11.9 Å². The van der Waals surface area contributed by atoms with E-state index in [9.17, 15) is 4.79 Å². The van der Waals surface area contributed by atoms with Crippen molar-refractivity contribution in [3.63, 3.8) is 0 Å². The number of nitrogens with zero attached hydrogens (tertiary/aromatic N) is 5. The molecule has 7 heteroatoms. The lowest BCUT2D eigenvalue weighted by atomic mass is 10.1. The first kappa shape index (κ1) is 17.5.